The van der Waals surface area contributed by atoms with Crippen LogP contribution >= 0.6 is 45.8 Å². The van der Waals surface area contributed by atoms with Crippen molar-refractivity contribution in [3.05, 3.63) is 25.7 Å². The van der Waals surface area contributed by atoms with Crippen molar-refractivity contribution in [2.45, 2.75) is 19.9 Å². The molecule has 1 rings (SSSR count). The first kappa shape index (κ1) is 11.4. The highest BCUT2D eigenvalue weighted by atomic mass is 127. The van der Waals surface area contributed by atoms with Crippen LogP contribution in [-0.4, -0.2) is 6.04 Å². The Bertz CT molecular complexity index is 313. The average Bonchev–Trinajstić information content (AvgIpc) is 1.99. The zero-order valence-electron chi connectivity index (χ0n) is 7.37. The van der Waals surface area contributed by atoms with Gasteiger partial charge in [0.15, 0.2) is 0 Å². The quantitative estimate of drug-likeness (QED) is 0.625. The lowest BCUT2D eigenvalue weighted by molar-refractivity contribution is 0.900. The third-order valence-electron chi connectivity index (χ3n) is 1.45. The van der Waals surface area contributed by atoms with E-state index in [0.29, 0.717) is 11.1 Å². The van der Waals surface area contributed by atoms with Crippen molar-refractivity contribution in [1.82, 2.24) is 0 Å². The number of rotatable bonds is 2. The van der Waals surface area contributed by atoms with Gasteiger partial charge in [-0.05, 0) is 48.6 Å². The molecule has 0 saturated heterocycles. The van der Waals surface area contributed by atoms with Gasteiger partial charge in [-0.1, -0.05) is 23.2 Å². The van der Waals surface area contributed by atoms with E-state index in [1.165, 1.54) is 0 Å². The maximum absolute atomic E-state index is 6.02. The molecule has 1 N–H and O–H groups in total. The lowest BCUT2D eigenvalue weighted by Crippen LogP contribution is -2.10. The van der Waals surface area contributed by atoms with Crippen LogP contribution in [0.2, 0.25) is 10.0 Å². The molecule has 0 radical (unpaired) electrons. The van der Waals surface area contributed by atoms with Crippen LogP contribution in [0.5, 0.6) is 0 Å². The van der Waals surface area contributed by atoms with E-state index in [2.05, 4.69) is 41.8 Å². The minimum absolute atomic E-state index is 0.355. The summed E-state index contributed by atoms with van der Waals surface area (Å²) in [7, 11) is 0. The van der Waals surface area contributed by atoms with Gasteiger partial charge in [-0.2, -0.15) is 0 Å². The first-order chi connectivity index (χ1) is 6.00. The molecule has 1 aromatic carbocycles. The van der Waals surface area contributed by atoms with Gasteiger partial charge >= 0.3 is 0 Å². The van der Waals surface area contributed by atoms with Crippen LogP contribution in [0.1, 0.15) is 13.8 Å². The highest BCUT2D eigenvalue weighted by Crippen LogP contribution is 2.30. The van der Waals surface area contributed by atoms with Gasteiger partial charge in [0.25, 0.3) is 0 Å². The molecule has 0 fully saturated rings. The van der Waals surface area contributed by atoms with Crippen LogP contribution < -0.4 is 5.32 Å². The lowest BCUT2D eigenvalue weighted by atomic mass is 10.3. The Labute approximate surface area is 102 Å². The van der Waals surface area contributed by atoms with Crippen molar-refractivity contribution in [2.75, 3.05) is 5.32 Å². The molecule has 0 spiro atoms. The molecule has 13 heavy (non-hydrogen) atoms. The summed E-state index contributed by atoms with van der Waals surface area (Å²) in [5, 5.41) is 4.66. The fraction of sp³-hybridized carbons (Fsp3) is 0.333. The normalized spacial score (nSPS) is 10.6. The largest absolute Gasteiger partial charge is 0.382 e. The van der Waals surface area contributed by atoms with Crippen molar-refractivity contribution in [3.63, 3.8) is 0 Å². The summed E-state index contributed by atoms with van der Waals surface area (Å²) in [4.78, 5) is 0. The Morgan fingerprint density at radius 3 is 2.38 bits per heavy atom. The molecular formula is C9H10Cl2IN. The maximum Gasteiger partial charge on any atom is 0.0649 e. The van der Waals surface area contributed by atoms with Gasteiger partial charge in [0.1, 0.15) is 0 Å². The summed E-state index contributed by atoms with van der Waals surface area (Å²) in [6, 6.07) is 4.06. The molecule has 0 aromatic heterocycles. The smallest absolute Gasteiger partial charge is 0.0649 e. The van der Waals surface area contributed by atoms with Crippen LogP contribution in [0.25, 0.3) is 0 Å². The third kappa shape index (κ3) is 3.18. The van der Waals surface area contributed by atoms with Crippen molar-refractivity contribution in [3.8, 4) is 0 Å². The van der Waals surface area contributed by atoms with E-state index >= 15 is 0 Å². The summed E-state index contributed by atoms with van der Waals surface area (Å²) in [6.45, 7) is 4.12. The van der Waals surface area contributed by atoms with Crippen LogP contribution in [0.15, 0.2) is 12.1 Å². The Kier molecular flexibility index (Phi) is 4.13. The first-order valence-electron chi connectivity index (χ1n) is 3.92. The SMILES string of the molecule is CC(C)Nc1cc(Cl)c(I)cc1Cl. The number of hydrogen-bond acceptors (Lipinski definition) is 1. The summed E-state index contributed by atoms with van der Waals surface area (Å²) in [6.07, 6.45) is 0. The van der Waals surface area contributed by atoms with E-state index in [4.69, 9.17) is 23.2 Å². The van der Waals surface area contributed by atoms with Crippen LogP contribution in [0.3, 0.4) is 0 Å². The molecule has 0 aliphatic rings. The average molecular weight is 330 g/mol. The minimum atomic E-state index is 0.355. The topological polar surface area (TPSA) is 12.0 Å². The zero-order valence-corrected chi connectivity index (χ0v) is 11.0. The molecule has 4 heteroatoms. The van der Waals surface area contributed by atoms with Crippen LogP contribution in [0.4, 0.5) is 5.69 Å². The van der Waals surface area contributed by atoms with Crippen molar-refractivity contribution >= 4 is 51.5 Å². The highest BCUT2D eigenvalue weighted by molar-refractivity contribution is 14.1. The molecule has 0 bridgehead atoms. The van der Waals surface area contributed by atoms with Crippen LogP contribution in [-0.2, 0) is 0 Å². The third-order valence-corrected chi connectivity index (χ3v) is 3.29. The van der Waals surface area contributed by atoms with Gasteiger partial charge in [0.05, 0.1) is 15.7 Å². The Morgan fingerprint density at radius 1 is 1.23 bits per heavy atom. The van der Waals surface area contributed by atoms with Crippen molar-refractivity contribution in [2.24, 2.45) is 0 Å². The molecule has 1 aromatic rings. The molecule has 1 nitrogen and oxygen atoms in total. The van der Waals surface area contributed by atoms with E-state index in [0.717, 1.165) is 14.3 Å². The van der Waals surface area contributed by atoms with Gasteiger partial charge in [0, 0.05) is 9.61 Å². The number of nitrogens with one attached hydrogen (secondary N) is 1. The van der Waals surface area contributed by atoms with Gasteiger partial charge < -0.3 is 5.32 Å². The van der Waals surface area contributed by atoms with Crippen molar-refractivity contribution < 1.29 is 0 Å². The van der Waals surface area contributed by atoms with Crippen molar-refractivity contribution in [1.29, 1.82) is 0 Å². The van der Waals surface area contributed by atoms with Gasteiger partial charge in [-0.3, -0.25) is 0 Å². The van der Waals surface area contributed by atoms with Crippen LogP contribution in [0, 0.1) is 3.57 Å². The van der Waals surface area contributed by atoms with Gasteiger partial charge in [-0.25, -0.2) is 0 Å². The summed E-state index contributed by atoms with van der Waals surface area (Å²) >= 11 is 14.1. The number of halogens is 3. The second-order valence-electron chi connectivity index (χ2n) is 3.05. The predicted octanol–water partition coefficient (Wildman–Crippen LogP) is 4.42. The summed E-state index contributed by atoms with van der Waals surface area (Å²) < 4.78 is 0.971. The predicted molar refractivity (Wildman–Crippen MR) is 67.9 cm³/mol. The standard InChI is InChI=1S/C9H10Cl2IN/c1-5(2)13-9-4-6(10)8(12)3-7(9)11/h3-5,13H,1-2H3. The molecule has 0 saturated carbocycles. The number of benzene rings is 1. The van der Waals surface area contributed by atoms with Gasteiger partial charge in [-0.15, -0.1) is 0 Å². The number of anilines is 1. The summed E-state index contributed by atoms with van der Waals surface area (Å²) in [5.74, 6) is 0. The van der Waals surface area contributed by atoms with E-state index in [9.17, 15) is 0 Å². The van der Waals surface area contributed by atoms with E-state index in [1.54, 1.807) is 0 Å². The Hall–Kier alpha value is 0.330. The molecule has 0 unspecified atom stereocenters. The molecule has 0 aliphatic heterocycles. The zero-order chi connectivity index (χ0) is 10.0. The molecule has 0 atom stereocenters. The van der Waals surface area contributed by atoms with E-state index < -0.39 is 0 Å². The molecular weight excluding hydrogens is 320 g/mol. The monoisotopic (exact) mass is 329 g/mol. The lowest BCUT2D eigenvalue weighted by Gasteiger charge is -2.12. The molecule has 72 valence electrons. The maximum atomic E-state index is 6.02. The minimum Gasteiger partial charge on any atom is -0.382 e. The van der Waals surface area contributed by atoms with Gasteiger partial charge in [0.2, 0.25) is 0 Å². The number of hydrogen-bond donors (Lipinski definition) is 1. The second kappa shape index (κ2) is 4.71. The fourth-order valence-corrected chi connectivity index (χ4v) is 1.98. The van der Waals surface area contributed by atoms with E-state index in [1.807, 2.05) is 12.1 Å². The Balaban J connectivity index is 3.01. The molecule has 0 amide bonds. The molecule has 0 aliphatic carbocycles. The molecule has 0 heterocycles. The van der Waals surface area contributed by atoms with E-state index in [-0.39, 0.29) is 0 Å². The fourth-order valence-electron chi connectivity index (χ4n) is 0.944. The summed E-state index contributed by atoms with van der Waals surface area (Å²) in [5.41, 5.74) is 0.891. The second-order valence-corrected chi connectivity index (χ2v) is 5.02. The first-order valence-corrected chi connectivity index (χ1v) is 5.75. The Morgan fingerprint density at radius 2 is 1.85 bits per heavy atom. The highest BCUT2D eigenvalue weighted by Gasteiger charge is 2.05.